The zero-order valence-corrected chi connectivity index (χ0v) is 12.3. The summed E-state index contributed by atoms with van der Waals surface area (Å²) >= 11 is 0. The minimum Gasteiger partial charge on any atom is -0.341 e. The fourth-order valence-corrected chi connectivity index (χ4v) is 3.06. The van der Waals surface area contributed by atoms with Gasteiger partial charge in [0.1, 0.15) is 0 Å². The van der Waals surface area contributed by atoms with E-state index >= 15 is 0 Å². The number of nitrogens with one attached hydrogen (secondary N) is 1. The van der Waals surface area contributed by atoms with Gasteiger partial charge in [0, 0.05) is 32.1 Å². The minimum atomic E-state index is 0.317. The number of benzene rings is 1. The van der Waals surface area contributed by atoms with E-state index in [2.05, 4.69) is 36.5 Å². The molecule has 2 fully saturated rings. The van der Waals surface area contributed by atoms with Gasteiger partial charge in [-0.05, 0) is 43.2 Å². The molecule has 1 aliphatic carbocycles. The molecule has 1 saturated heterocycles. The van der Waals surface area contributed by atoms with Crippen LogP contribution in [0.5, 0.6) is 0 Å². The van der Waals surface area contributed by atoms with Crippen LogP contribution in [0.2, 0.25) is 0 Å². The van der Waals surface area contributed by atoms with Crippen LogP contribution in [0.1, 0.15) is 49.7 Å². The molecule has 0 aromatic heterocycles. The first-order valence-electron chi connectivity index (χ1n) is 7.83. The summed E-state index contributed by atoms with van der Waals surface area (Å²) < 4.78 is 0. The van der Waals surface area contributed by atoms with Crippen LogP contribution in [0.3, 0.4) is 0 Å². The molecule has 1 amide bonds. The number of hydrogen-bond acceptors (Lipinski definition) is 2. The molecule has 1 aromatic rings. The maximum atomic E-state index is 11.6. The van der Waals surface area contributed by atoms with Crippen molar-refractivity contribution in [2.45, 2.75) is 51.1 Å². The van der Waals surface area contributed by atoms with E-state index in [1.165, 1.54) is 24.0 Å². The van der Waals surface area contributed by atoms with Crippen molar-refractivity contribution in [3.05, 3.63) is 35.4 Å². The predicted molar refractivity (Wildman–Crippen MR) is 80.5 cm³/mol. The van der Waals surface area contributed by atoms with Crippen LogP contribution in [0.4, 0.5) is 0 Å². The second-order valence-electron chi connectivity index (χ2n) is 6.20. The number of likely N-dealkylation sites (tertiary alicyclic amines) is 1. The smallest absolute Gasteiger partial charge is 0.222 e. The highest BCUT2D eigenvalue weighted by molar-refractivity contribution is 5.78. The van der Waals surface area contributed by atoms with E-state index in [1.807, 2.05) is 4.90 Å². The number of hydrogen-bond donors (Lipinski definition) is 1. The molecule has 1 atom stereocenters. The maximum absolute atomic E-state index is 11.6. The van der Waals surface area contributed by atoms with E-state index in [0.717, 1.165) is 38.4 Å². The first-order valence-corrected chi connectivity index (χ1v) is 7.83. The Morgan fingerprint density at radius 1 is 1.35 bits per heavy atom. The van der Waals surface area contributed by atoms with Crippen molar-refractivity contribution >= 4 is 5.91 Å². The Morgan fingerprint density at radius 3 is 2.85 bits per heavy atom. The summed E-state index contributed by atoms with van der Waals surface area (Å²) in [6.45, 7) is 4.86. The fraction of sp³-hybridized carbons (Fsp3) is 0.588. The van der Waals surface area contributed by atoms with Crippen molar-refractivity contribution < 1.29 is 4.79 Å². The maximum Gasteiger partial charge on any atom is 0.222 e. The largest absolute Gasteiger partial charge is 0.341 e. The Bertz CT molecular complexity index is 482. The normalized spacial score (nSPS) is 20.4. The first kappa shape index (κ1) is 13.6. The second-order valence-corrected chi connectivity index (χ2v) is 6.20. The summed E-state index contributed by atoms with van der Waals surface area (Å²) in [5, 5.41) is 3.58. The van der Waals surface area contributed by atoms with Gasteiger partial charge in [0.05, 0.1) is 0 Å². The molecule has 3 nitrogen and oxygen atoms in total. The van der Waals surface area contributed by atoms with Gasteiger partial charge in [0.2, 0.25) is 5.91 Å². The number of carbonyl (C=O) groups excluding carboxylic acids is 1. The van der Waals surface area contributed by atoms with Crippen LogP contribution in [0.25, 0.3) is 0 Å². The van der Waals surface area contributed by atoms with Crippen molar-refractivity contribution in [1.82, 2.24) is 10.2 Å². The van der Waals surface area contributed by atoms with Gasteiger partial charge in [0.15, 0.2) is 0 Å². The average Bonchev–Trinajstić information content (AvgIpc) is 3.22. The van der Waals surface area contributed by atoms with Crippen LogP contribution in [0.15, 0.2) is 24.3 Å². The van der Waals surface area contributed by atoms with Crippen LogP contribution >= 0.6 is 0 Å². The van der Waals surface area contributed by atoms with E-state index in [1.54, 1.807) is 0 Å². The molecule has 1 aromatic carbocycles. The van der Waals surface area contributed by atoms with Crippen molar-refractivity contribution in [2.75, 3.05) is 13.1 Å². The summed E-state index contributed by atoms with van der Waals surface area (Å²) in [6, 6.07) is 9.11. The van der Waals surface area contributed by atoms with Gasteiger partial charge in [-0.1, -0.05) is 24.3 Å². The lowest BCUT2D eigenvalue weighted by Crippen LogP contribution is -2.39. The standard InChI is InChI=1S/C17H24N2O/c1-13(12-19-10-4-7-17(19)20)18-11-15-5-2-3-6-16(15)14-8-9-14/h2-3,5-6,13-14,18H,4,7-12H2,1H3. The quantitative estimate of drug-likeness (QED) is 0.863. The summed E-state index contributed by atoms with van der Waals surface area (Å²) in [5.41, 5.74) is 2.94. The fourth-order valence-electron chi connectivity index (χ4n) is 3.06. The molecule has 2 aliphatic rings. The van der Waals surface area contributed by atoms with Gasteiger partial charge in [-0.2, -0.15) is 0 Å². The number of nitrogens with zero attached hydrogens (tertiary/aromatic N) is 1. The molecule has 1 heterocycles. The van der Waals surface area contributed by atoms with Gasteiger partial charge < -0.3 is 10.2 Å². The van der Waals surface area contributed by atoms with Gasteiger partial charge in [-0.3, -0.25) is 4.79 Å². The third kappa shape index (κ3) is 3.21. The van der Waals surface area contributed by atoms with Crippen LogP contribution in [-0.4, -0.2) is 29.9 Å². The van der Waals surface area contributed by atoms with E-state index in [9.17, 15) is 4.79 Å². The van der Waals surface area contributed by atoms with Gasteiger partial charge in [-0.15, -0.1) is 0 Å². The predicted octanol–water partition coefficient (Wildman–Crippen LogP) is 2.66. The molecular formula is C17H24N2O. The zero-order chi connectivity index (χ0) is 13.9. The van der Waals surface area contributed by atoms with Crippen LogP contribution in [0, 0.1) is 0 Å². The monoisotopic (exact) mass is 272 g/mol. The Balaban J connectivity index is 1.52. The Morgan fingerprint density at radius 2 is 2.15 bits per heavy atom. The zero-order valence-electron chi connectivity index (χ0n) is 12.3. The highest BCUT2D eigenvalue weighted by Crippen LogP contribution is 2.41. The third-order valence-electron chi connectivity index (χ3n) is 4.38. The van der Waals surface area contributed by atoms with E-state index < -0.39 is 0 Å². The van der Waals surface area contributed by atoms with E-state index in [0.29, 0.717) is 11.9 Å². The van der Waals surface area contributed by atoms with Gasteiger partial charge >= 0.3 is 0 Å². The van der Waals surface area contributed by atoms with Crippen molar-refractivity contribution in [1.29, 1.82) is 0 Å². The molecule has 3 rings (SSSR count). The molecule has 1 unspecified atom stereocenters. The Kier molecular flexibility index (Phi) is 4.06. The molecular weight excluding hydrogens is 248 g/mol. The van der Waals surface area contributed by atoms with Crippen molar-refractivity contribution in [3.63, 3.8) is 0 Å². The lowest BCUT2D eigenvalue weighted by atomic mass is 10.0. The molecule has 3 heteroatoms. The molecule has 1 N–H and O–H groups in total. The van der Waals surface area contributed by atoms with Crippen molar-refractivity contribution in [3.8, 4) is 0 Å². The SMILES string of the molecule is CC(CN1CCCC1=O)NCc1ccccc1C1CC1. The molecule has 0 radical (unpaired) electrons. The average molecular weight is 272 g/mol. The first-order chi connectivity index (χ1) is 9.74. The van der Waals surface area contributed by atoms with E-state index in [-0.39, 0.29) is 0 Å². The molecule has 1 aliphatic heterocycles. The van der Waals surface area contributed by atoms with Gasteiger partial charge in [-0.25, -0.2) is 0 Å². The molecule has 0 bridgehead atoms. The van der Waals surface area contributed by atoms with Crippen LogP contribution in [-0.2, 0) is 11.3 Å². The molecule has 1 saturated carbocycles. The molecule has 0 spiro atoms. The summed E-state index contributed by atoms with van der Waals surface area (Å²) in [4.78, 5) is 13.6. The molecule has 108 valence electrons. The lowest BCUT2D eigenvalue weighted by molar-refractivity contribution is -0.127. The topological polar surface area (TPSA) is 32.3 Å². The van der Waals surface area contributed by atoms with Crippen LogP contribution < -0.4 is 5.32 Å². The highest BCUT2D eigenvalue weighted by Gasteiger charge is 2.26. The lowest BCUT2D eigenvalue weighted by Gasteiger charge is -2.22. The summed E-state index contributed by atoms with van der Waals surface area (Å²) in [5.74, 6) is 1.11. The number of amides is 1. The Hall–Kier alpha value is -1.35. The van der Waals surface area contributed by atoms with Gasteiger partial charge in [0.25, 0.3) is 0 Å². The second kappa shape index (κ2) is 5.96. The number of carbonyl (C=O) groups is 1. The Labute approximate surface area is 121 Å². The number of rotatable bonds is 6. The van der Waals surface area contributed by atoms with E-state index in [4.69, 9.17) is 0 Å². The third-order valence-corrected chi connectivity index (χ3v) is 4.38. The minimum absolute atomic E-state index is 0.317. The summed E-state index contributed by atoms with van der Waals surface area (Å²) in [6.07, 6.45) is 4.44. The molecule has 20 heavy (non-hydrogen) atoms. The van der Waals surface area contributed by atoms with Crippen molar-refractivity contribution in [2.24, 2.45) is 0 Å². The summed E-state index contributed by atoms with van der Waals surface area (Å²) in [7, 11) is 0. The highest BCUT2D eigenvalue weighted by atomic mass is 16.2.